The lowest BCUT2D eigenvalue weighted by molar-refractivity contribution is -0.252. The second kappa shape index (κ2) is 11.4. The highest BCUT2D eigenvalue weighted by Crippen LogP contribution is 2.65. The topological polar surface area (TPSA) is 75.7 Å². The van der Waals surface area contributed by atoms with Gasteiger partial charge in [-0.1, -0.05) is 41.5 Å². The van der Waals surface area contributed by atoms with Gasteiger partial charge in [0.1, 0.15) is 5.92 Å². The van der Waals surface area contributed by atoms with Crippen molar-refractivity contribution >= 4 is 30.2 Å². The number of carbonyl (C=O) groups excluding carboxylic acids is 1. The van der Waals surface area contributed by atoms with Gasteiger partial charge in [-0.15, -0.1) is 0 Å². The molecule has 0 aromatic carbocycles. The Bertz CT molecular complexity index is 884. The summed E-state index contributed by atoms with van der Waals surface area (Å²) in [5, 5.41) is 0. The number of ether oxygens (including phenoxy) is 5. The van der Waals surface area contributed by atoms with Crippen molar-refractivity contribution in [3.8, 4) is 0 Å². The van der Waals surface area contributed by atoms with Gasteiger partial charge in [0.05, 0.1) is 28.9 Å². The Balaban J connectivity index is 2.34. The van der Waals surface area contributed by atoms with Crippen molar-refractivity contribution < 1.29 is 32.9 Å². The Kier molecular flexibility index (Phi) is 9.62. The highest BCUT2D eigenvalue weighted by Gasteiger charge is 2.75. The van der Waals surface area contributed by atoms with Crippen LogP contribution in [-0.4, -0.2) is 83.5 Å². The summed E-state index contributed by atoms with van der Waals surface area (Å²) >= 11 is 4.00. The van der Waals surface area contributed by atoms with E-state index in [1.165, 1.54) is 7.11 Å². The number of hydrogen-bond donors (Lipinski definition) is 0. The summed E-state index contributed by atoms with van der Waals surface area (Å²) in [7, 11) is 3.86. The minimum atomic E-state index is -2.54. The third-order valence-electron chi connectivity index (χ3n) is 9.41. The standard InChI is InChI=1S/C28H50BrNO7Si/c1-17(2)38(18(3)4,19(5)6)37-28-20(24(31)32-9)16-27(36-28,25(33-10)34-11)23(22(28)29)30-15-13-14-21(30)26(7,8)35-12/h17-21,25H,13-16H2,1-12H3/t20-,21+,27+,28+/m1/s1. The van der Waals surface area contributed by atoms with Crippen LogP contribution in [0.25, 0.3) is 0 Å². The summed E-state index contributed by atoms with van der Waals surface area (Å²) in [6.45, 7) is 18.5. The zero-order valence-corrected chi connectivity index (χ0v) is 28.1. The fraction of sp³-hybridized carbons (Fsp3) is 0.893. The predicted octanol–water partition coefficient (Wildman–Crippen LogP) is 5.95. The van der Waals surface area contributed by atoms with Crippen LogP contribution >= 0.6 is 15.9 Å². The monoisotopic (exact) mass is 619 g/mol. The maximum absolute atomic E-state index is 13.5. The van der Waals surface area contributed by atoms with Crippen molar-refractivity contribution in [3.63, 3.8) is 0 Å². The lowest BCUT2D eigenvalue weighted by Crippen LogP contribution is -2.57. The molecule has 220 valence electrons. The van der Waals surface area contributed by atoms with Crippen molar-refractivity contribution in [1.29, 1.82) is 0 Å². The Labute approximate surface area is 239 Å². The van der Waals surface area contributed by atoms with E-state index in [-0.39, 0.29) is 28.6 Å². The highest BCUT2D eigenvalue weighted by molar-refractivity contribution is 9.11. The molecule has 0 amide bonds. The summed E-state index contributed by atoms with van der Waals surface area (Å²) in [6.07, 6.45) is 1.55. The number of fused-ring (bicyclic) bond motifs is 2. The molecular formula is C28H50BrNO7Si. The molecule has 3 aliphatic rings. The number of hydrogen-bond acceptors (Lipinski definition) is 8. The first-order chi connectivity index (χ1) is 17.7. The summed E-state index contributed by atoms with van der Waals surface area (Å²) < 4.78 is 38.5. The quantitative estimate of drug-likeness (QED) is 0.151. The molecule has 0 N–H and O–H groups in total. The van der Waals surface area contributed by atoms with Crippen molar-refractivity contribution in [2.24, 2.45) is 5.92 Å². The van der Waals surface area contributed by atoms with Crippen LogP contribution < -0.4 is 0 Å². The van der Waals surface area contributed by atoms with Gasteiger partial charge in [-0.25, -0.2) is 0 Å². The number of carbonyl (C=O) groups is 1. The maximum Gasteiger partial charge on any atom is 0.314 e. The third kappa shape index (κ3) is 4.64. The van der Waals surface area contributed by atoms with E-state index in [9.17, 15) is 4.79 Å². The van der Waals surface area contributed by atoms with E-state index in [2.05, 4.69) is 76.2 Å². The van der Waals surface area contributed by atoms with Crippen LogP contribution in [0.5, 0.6) is 0 Å². The number of nitrogens with zero attached hydrogens (tertiary/aromatic N) is 1. The first-order valence-corrected chi connectivity index (χ1v) is 16.9. The van der Waals surface area contributed by atoms with E-state index in [1.807, 2.05) is 0 Å². The molecule has 2 saturated heterocycles. The summed E-state index contributed by atoms with van der Waals surface area (Å²) in [6, 6.07) is 0.0974. The van der Waals surface area contributed by atoms with Crippen LogP contribution in [0.15, 0.2) is 10.2 Å². The Hall–Kier alpha value is -0.493. The molecule has 2 fully saturated rings. The SMILES string of the molecule is COC(=O)[C@H]1C[C@]2(C(OC)OC)O[C@@]1(O[Si](C(C)C)(C(C)C)C(C)C)C(Br)=C2N1CCC[C@H]1C(C)(C)OC. The highest BCUT2D eigenvalue weighted by atomic mass is 79.9. The van der Waals surface area contributed by atoms with Crippen LogP contribution in [0.3, 0.4) is 0 Å². The minimum Gasteiger partial charge on any atom is -0.469 e. The smallest absolute Gasteiger partial charge is 0.314 e. The molecule has 3 rings (SSSR count). The van der Waals surface area contributed by atoms with Crippen LogP contribution in [0.4, 0.5) is 0 Å². The number of methoxy groups -OCH3 is 4. The van der Waals surface area contributed by atoms with Crippen molar-refractivity contribution in [2.45, 2.75) is 121 Å². The fourth-order valence-electron chi connectivity index (χ4n) is 7.64. The Morgan fingerprint density at radius 3 is 2.05 bits per heavy atom. The van der Waals surface area contributed by atoms with Crippen molar-refractivity contribution in [2.75, 3.05) is 35.0 Å². The lowest BCUT2D eigenvalue weighted by atomic mass is 9.80. The van der Waals surface area contributed by atoms with Gasteiger partial charge in [0.15, 0.2) is 11.9 Å². The number of likely N-dealkylation sites (tertiary alicyclic amines) is 1. The average Bonchev–Trinajstić information content (AvgIpc) is 3.52. The number of rotatable bonds is 12. The van der Waals surface area contributed by atoms with E-state index in [4.69, 9.17) is 28.1 Å². The molecule has 0 aliphatic carbocycles. The van der Waals surface area contributed by atoms with Gasteiger partial charge in [0, 0.05) is 34.3 Å². The van der Waals surface area contributed by atoms with Gasteiger partial charge < -0.3 is 33.0 Å². The van der Waals surface area contributed by atoms with Gasteiger partial charge in [0.2, 0.25) is 14.1 Å². The molecule has 8 nitrogen and oxygen atoms in total. The van der Waals surface area contributed by atoms with E-state index >= 15 is 0 Å². The second-order valence-electron chi connectivity index (χ2n) is 12.5. The first kappa shape index (κ1) is 32.0. The average molecular weight is 621 g/mol. The van der Waals surface area contributed by atoms with E-state index in [1.54, 1.807) is 21.3 Å². The molecule has 38 heavy (non-hydrogen) atoms. The molecule has 0 aromatic rings. The number of esters is 1. The summed E-state index contributed by atoms with van der Waals surface area (Å²) in [4.78, 5) is 15.8. The van der Waals surface area contributed by atoms with Crippen molar-refractivity contribution in [3.05, 3.63) is 10.2 Å². The van der Waals surface area contributed by atoms with E-state index in [0.29, 0.717) is 6.42 Å². The second-order valence-corrected chi connectivity index (χ2v) is 18.7. The molecule has 0 unspecified atom stereocenters. The molecular weight excluding hydrogens is 570 g/mol. The van der Waals surface area contributed by atoms with Crippen LogP contribution in [0.1, 0.15) is 74.7 Å². The van der Waals surface area contributed by atoms with E-state index in [0.717, 1.165) is 29.6 Å². The third-order valence-corrected chi connectivity index (χ3v) is 16.4. The minimum absolute atomic E-state index is 0.0974. The predicted molar refractivity (Wildman–Crippen MR) is 153 cm³/mol. The Morgan fingerprint density at radius 2 is 1.61 bits per heavy atom. The van der Waals surface area contributed by atoms with Crippen LogP contribution in [-0.2, 0) is 32.9 Å². The summed E-state index contributed by atoms with van der Waals surface area (Å²) in [5.74, 6) is -2.38. The number of halogens is 1. The molecule has 0 spiro atoms. The van der Waals surface area contributed by atoms with Gasteiger partial charge in [0.25, 0.3) is 0 Å². The largest absolute Gasteiger partial charge is 0.469 e. The molecule has 3 aliphatic heterocycles. The first-order valence-electron chi connectivity index (χ1n) is 13.9. The van der Waals surface area contributed by atoms with Crippen LogP contribution in [0, 0.1) is 5.92 Å². The Morgan fingerprint density at radius 1 is 1.05 bits per heavy atom. The molecule has 10 heteroatoms. The van der Waals surface area contributed by atoms with Crippen molar-refractivity contribution in [1.82, 2.24) is 4.90 Å². The maximum atomic E-state index is 13.5. The zero-order valence-electron chi connectivity index (χ0n) is 25.5. The molecule has 0 aromatic heterocycles. The molecule has 4 atom stereocenters. The normalized spacial score (nSPS) is 30.2. The molecule has 0 radical (unpaired) electrons. The lowest BCUT2D eigenvalue weighted by Gasteiger charge is -2.48. The molecule has 2 bridgehead atoms. The summed E-state index contributed by atoms with van der Waals surface area (Å²) in [5.41, 5.74) is 0.302. The van der Waals surface area contributed by atoms with Gasteiger partial charge >= 0.3 is 5.97 Å². The van der Waals surface area contributed by atoms with Gasteiger partial charge in [-0.2, -0.15) is 0 Å². The van der Waals surface area contributed by atoms with Crippen LogP contribution in [0.2, 0.25) is 16.6 Å². The van der Waals surface area contributed by atoms with E-state index < -0.39 is 37.5 Å². The molecule has 0 saturated carbocycles. The van der Waals surface area contributed by atoms with Gasteiger partial charge in [-0.05, 0) is 59.2 Å². The van der Waals surface area contributed by atoms with Gasteiger partial charge in [-0.3, -0.25) is 4.79 Å². The molecule has 3 heterocycles. The zero-order chi connectivity index (χ0) is 28.8. The fourth-order valence-corrected chi connectivity index (χ4v) is 14.3.